The van der Waals surface area contributed by atoms with Crippen LogP contribution >= 0.6 is 0 Å². The van der Waals surface area contributed by atoms with Crippen molar-refractivity contribution >= 4 is 5.96 Å². The lowest BCUT2D eigenvalue weighted by atomic mass is 10.1. The Balaban J connectivity index is 4.08. The van der Waals surface area contributed by atoms with E-state index in [-0.39, 0.29) is 0 Å². The van der Waals surface area contributed by atoms with E-state index in [4.69, 9.17) is 5.84 Å². The zero-order valence-electron chi connectivity index (χ0n) is 10.7. The van der Waals surface area contributed by atoms with Crippen molar-refractivity contribution in [3.8, 4) is 0 Å². The Labute approximate surface area is 93.9 Å². The molecule has 90 valence electrons. The first-order chi connectivity index (χ1) is 6.97. The molecule has 0 aromatic rings. The third-order valence-electron chi connectivity index (χ3n) is 2.14. The standard InChI is InChI=1S/C11H26N4/c1-9(2)6-7-15(5)11(14-12)13-8-10(3)4/h9-10H,6-8,12H2,1-5H3,(H,13,14). The zero-order valence-corrected chi connectivity index (χ0v) is 10.7. The minimum atomic E-state index is 0.562. The predicted molar refractivity (Wildman–Crippen MR) is 66.5 cm³/mol. The Hall–Kier alpha value is -0.770. The van der Waals surface area contributed by atoms with E-state index in [2.05, 4.69) is 43.0 Å². The molecular weight excluding hydrogens is 188 g/mol. The smallest absolute Gasteiger partial charge is 0.208 e. The second kappa shape index (κ2) is 7.51. The van der Waals surface area contributed by atoms with Gasteiger partial charge in [-0.3, -0.25) is 10.4 Å². The number of rotatable bonds is 5. The van der Waals surface area contributed by atoms with Gasteiger partial charge in [0.25, 0.3) is 0 Å². The number of hydrogen-bond donors (Lipinski definition) is 2. The average molecular weight is 214 g/mol. The fourth-order valence-electron chi connectivity index (χ4n) is 1.10. The molecule has 3 N–H and O–H groups in total. The van der Waals surface area contributed by atoms with Gasteiger partial charge in [-0.05, 0) is 18.3 Å². The Morgan fingerprint density at radius 2 is 1.87 bits per heavy atom. The van der Waals surface area contributed by atoms with Crippen molar-refractivity contribution in [1.82, 2.24) is 10.3 Å². The summed E-state index contributed by atoms with van der Waals surface area (Å²) in [6.45, 7) is 10.5. The molecule has 0 rings (SSSR count). The van der Waals surface area contributed by atoms with E-state index in [0.29, 0.717) is 11.8 Å². The van der Waals surface area contributed by atoms with Crippen molar-refractivity contribution in [1.29, 1.82) is 0 Å². The molecule has 15 heavy (non-hydrogen) atoms. The van der Waals surface area contributed by atoms with Crippen LogP contribution in [0.25, 0.3) is 0 Å². The van der Waals surface area contributed by atoms with Gasteiger partial charge in [-0.1, -0.05) is 27.7 Å². The molecule has 0 bridgehead atoms. The number of nitrogens with one attached hydrogen (secondary N) is 1. The van der Waals surface area contributed by atoms with Crippen LogP contribution in [0.1, 0.15) is 34.1 Å². The van der Waals surface area contributed by atoms with Crippen molar-refractivity contribution in [3.63, 3.8) is 0 Å². The third-order valence-corrected chi connectivity index (χ3v) is 2.14. The molecule has 0 aliphatic heterocycles. The van der Waals surface area contributed by atoms with E-state index in [1.165, 1.54) is 0 Å². The normalized spacial score (nSPS) is 12.4. The van der Waals surface area contributed by atoms with E-state index in [0.717, 1.165) is 25.5 Å². The third kappa shape index (κ3) is 7.19. The molecule has 0 aliphatic carbocycles. The molecule has 4 heteroatoms. The van der Waals surface area contributed by atoms with Crippen LogP contribution in [0.15, 0.2) is 4.99 Å². The van der Waals surface area contributed by atoms with Gasteiger partial charge < -0.3 is 4.90 Å². The highest BCUT2D eigenvalue weighted by Crippen LogP contribution is 2.01. The largest absolute Gasteiger partial charge is 0.345 e. The molecular formula is C11H26N4. The molecule has 0 amide bonds. The highest BCUT2D eigenvalue weighted by molar-refractivity contribution is 5.79. The summed E-state index contributed by atoms with van der Waals surface area (Å²) in [5.41, 5.74) is 2.66. The van der Waals surface area contributed by atoms with Crippen molar-refractivity contribution < 1.29 is 0 Å². The van der Waals surface area contributed by atoms with Gasteiger partial charge in [0.1, 0.15) is 0 Å². The lowest BCUT2D eigenvalue weighted by Gasteiger charge is -2.21. The Morgan fingerprint density at radius 1 is 1.27 bits per heavy atom. The highest BCUT2D eigenvalue weighted by Gasteiger charge is 2.05. The van der Waals surface area contributed by atoms with Crippen LogP contribution in [0.4, 0.5) is 0 Å². The highest BCUT2D eigenvalue weighted by atomic mass is 15.4. The van der Waals surface area contributed by atoms with E-state index >= 15 is 0 Å². The molecule has 0 unspecified atom stereocenters. The van der Waals surface area contributed by atoms with E-state index in [1.54, 1.807) is 0 Å². The van der Waals surface area contributed by atoms with Gasteiger partial charge in [-0.25, -0.2) is 5.84 Å². The van der Waals surface area contributed by atoms with Crippen molar-refractivity contribution in [2.45, 2.75) is 34.1 Å². The van der Waals surface area contributed by atoms with Gasteiger partial charge in [0, 0.05) is 20.1 Å². The van der Waals surface area contributed by atoms with Gasteiger partial charge in [-0.15, -0.1) is 0 Å². The first-order valence-electron chi connectivity index (χ1n) is 5.69. The van der Waals surface area contributed by atoms with E-state index in [9.17, 15) is 0 Å². The van der Waals surface area contributed by atoms with Gasteiger partial charge in [0.2, 0.25) is 5.96 Å². The molecule has 4 nitrogen and oxygen atoms in total. The molecule has 0 saturated carbocycles. The van der Waals surface area contributed by atoms with Gasteiger partial charge >= 0.3 is 0 Å². The van der Waals surface area contributed by atoms with Gasteiger partial charge in [-0.2, -0.15) is 0 Å². The molecule has 0 radical (unpaired) electrons. The second-order valence-corrected chi connectivity index (χ2v) is 4.81. The van der Waals surface area contributed by atoms with Crippen LogP contribution in [-0.4, -0.2) is 31.0 Å². The molecule has 0 fully saturated rings. The maximum atomic E-state index is 5.44. The molecule has 0 heterocycles. The van der Waals surface area contributed by atoms with Crippen LogP contribution in [-0.2, 0) is 0 Å². The first kappa shape index (κ1) is 14.2. The Morgan fingerprint density at radius 3 is 2.27 bits per heavy atom. The quantitative estimate of drug-likeness (QED) is 0.315. The number of nitrogens with two attached hydrogens (primary N) is 1. The Bertz CT molecular complexity index is 187. The average Bonchev–Trinajstić information content (AvgIpc) is 2.15. The first-order valence-corrected chi connectivity index (χ1v) is 5.69. The van der Waals surface area contributed by atoms with Crippen molar-refractivity contribution in [2.24, 2.45) is 22.7 Å². The molecule has 0 aliphatic rings. The summed E-state index contributed by atoms with van der Waals surface area (Å²) < 4.78 is 0. The van der Waals surface area contributed by atoms with Crippen LogP contribution in [0, 0.1) is 11.8 Å². The maximum absolute atomic E-state index is 5.44. The summed E-state index contributed by atoms with van der Waals surface area (Å²) in [4.78, 5) is 6.50. The number of nitrogens with zero attached hydrogens (tertiary/aromatic N) is 2. The maximum Gasteiger partial charge on any atom is 0.208 e. The summed E-state index contributed by atoms with van der Waals surface area (Å²) >= 11 is 0. The fourth-order valence-corrected chi connectivity index (χ4v) is 1.10. The predicted octanol–water partition coefficient (Wildman–Crippen LogP) is 1.44. The van der Waals surface area contributed by atoms with Gasteiger partial charge in [0.15, 0.2) is 0 Å². The SMILES string of the molecule is CC(C)CCN(C)C(=NCC(C)C)NN. The summed E-state index contributed by atoms with van der Waals surface area (Å²) in [6.07, 6.45) is 1.15. The van der Waals surface area contributed by atoms with Crippen LogP contribution in [0.3, 0.4) is 0 Å². The van der Waals surface area contributed by atoms with Crippen molar-refractivity contribution in [3.05, 3.63) is 0 Å². The minimum absolute atomic E-state index is 0.562. The molecule has 0 aromatic heterocycles. The summed E-state index contributed by atoms with van der Waals surface area (Å²) in [5.74, 6) is 7.49. The lowest BCUT2D eigenvalue weighted by Crippen LogP contribution is -2.43. The number of aliphatic imine (C=N–C) groups is 1. The summed E-state index contributed by atoms with van der Waals surface area (Å²) in [6, 6.07) is 0. The summed E-state index contributed by atoms with van der Waals surface area (Å²) in [5, 5.41) is 0. The molecule has 0 spiro atoms. The van der Waals surface area contributed by atoms with Crippen LogP contribution in [0.5, 0.6) is 0 Å². The molecule has 0 atom stereocenters. The van der Waals surface area contributed by atoms with Crippen molar-refractivity contribution in [2.75, 3.05) is 20.1 Å². The molecule has 0 saturated heterocycles. The zero-order chi connectivity index (χ0) is 11.8. The number of hydrazine groups is 1. The van der Waals surface area contributed by atoms with Crippen LogP contribution in [0.2, 0.25) is 0 Å². The van der Waals surface area contributed by atoms with E-state index in [1.807, 2.05) is 7.05 Å². The Kier molecular flexibility index (Phi) is 7.13. The fraction of sp³-hybridized carbons (Fsp3) is 0.909. The number of hydrogen-bond acceptors (Lipinski definition) is 2. The van der Waals surface area contributed by atoms with E-state index < -0.39 is 0 Å². The summed E-state index contributed by atoms with van der Waals surface area (Å²) in [7, 11) is 2.02. The van der Waals surface area contributed by atoms with Crippen LogP contribution < -0.4 is 11.3 Å². The minimum Gasteiger partial charge on any atom is -0.345 e. The second-order valence-electron chi connectivity index (χ2n) is 4.81. The van der Waals surface area contributed by atoms with Gasteiger partial charge in [0.05, 0.1) is 0 Å². The molecule has 0 aromatic carbocycles. The monoisotopic (exact) mass is 214 g/mol. The topological polar surface area (TPSA) is 53.6 Å². The number of guanidine groups is 1. The lowest BCUT2D eigenvalue weighted by molar-refractivity contribution is 0.423.